The second kappa shape index (κ2) is 7.15. The average molecular weight is 350 g/mol. The first-order chi connectivity index (χ1) is 12.6. The molecule has 1 aromatic heterocycles. The van der Waals surface area contributed by atoms with Crippen LogP contribution in [0.25, 0.3) is 5.69 Å². The first-order valence-corrected chi connectivity index (χ1v) is 8.12. The molecule has 2 N–H and O–H groups in total. The number of nitrogens with zero attached hydrogens (tertiary/aromatic N) is 3. The molecule has 2 aromatic rings. The number of para-hydroxylation sites is 1. The smallest absolute Gasteiger partial charge is 0.338 e. The van der Waals surface area contributed by atoms with Crippen LogP contribution >= 0.6 is 0 Å². The highest BCUT2D eigenvalue weighted by molar-refractivity contribution is 5.93. The summed E-state index contributed by atoms with van der Waals surface area (Å²) in [6.45, 7) is 3.57. The molecular weight excluding hydrogens is 332 g/mol. The predicted molar refractivity (Wildman–Crippen MR) is 93.5 cm³/mol. The summed E-state index contributed by atoms with van der Waals surface area (Å²) in [6.07, 6.45) is 3.45. The molecule has 3 rings (SSSR count). The number of rotatable bonds is 4. The van der Waals surface area contributed by atoms with E-state index in [0.29, 0.717) is 11.3 Å². The van der Waals surface area contributed by atoms with Gasteiger partial charge in [0, 0.05) is 12.4 Å². The summed E-state index contributed by atoms with van der Waals surface area (Å²) >= 11 is 0. The SMILES string of the molecule is CCOC(=O)C1=C(C)OC(N)=C(C#N)C1c1ccccc1-n1cccn1. The van der Waals surface area contributed by atoms with Crippen molar-refractivity contribution >= 4 is 5.97 Å². The molecule has 7 heteroatoms. The third-order valence-electron chi connectivity index (χ3n) is 4.10. The van der Waals surface area contributed by atoms with Crippen molar-refractivity contribution in [1.29, 1.82) is 5.26 Å². The summed E-state index contributed by atoms with van der Waals surface area (Å²) in [7, 11) is 0. The standard InChI is InChI=1S/C19H18N4O3/c1-3-25-19(24)16-12(2)26-18(21)14(11-20)17(16)13-7-4-5-8-15(13)23-10-6-9-22-23/h4-10,17H,3,21H2,1-2H3. The van der Waals surface area contributed by atoms with Crippen LogP contribution in [0.5, 0.6) is 0 Å². The first-order valence-electron chi connectivity index (χ1n) is 8.12. The van der Waals surface area contributed by atoms with Crippen LogP contribution in [-0.2, 0) is 14.3 Å². The number of hydrogen-bond acceptors (Lipinski definition) is 6. The van der Waals surface area contributed by atoms with Gasteiger partial charge in [-0.15, -0.1) is 0 Å². The second-order valence-corrected chi connectivity index (χ2v) is 5.62. The van der Waals surface area contributed by atoms with Crippen molar-refractivity contribution in [1.82, 2.24) is 9.78 Å². The van der Waals surface area contributed by atoms with Crippen molar-refractivity contribution in [2.24, 2.45) is 5.73 Å². The zero-order valence-electron chi connectivity index (χ0n) is 14.5. The number of nitrogens with two attached hydrogens (primary N) is 1. The number of nitriles is 1. The molecule has 1 aliphatic heterocycles. The maximum Gasteiger partial charge on any atom is 0.338 e. The molecule has 1 atom stereocenters. The van der Waals surface area contributed by atoms with E-state index in [1.807, 2.05) is 24.3 Å². The van der Waals surface area contributed by atoms with Gasteiger partial charge < -0.3 is 15.2 Å². The van der Waals surface area contributed by atoms with Gasteiger partial charge in [0.25, 0.3) is 0 Å². The van der Waals surface area contributed by atoms with Crippen LogP contribution in [0.15, 0.2) is 65.5 Å². The van der Waals surface area contributed by atoms with Gasteiger partial charge in [0.15, 0.2) is 0 Å². The van der Waals surface area contributed by atoms with Crippen molar-refractivity contribution in [3.63, 3.8) is 0 Å². The normalized spacial score (nSPS) is 16.9. The topological polar surface area (TPSA) is 103 Å². The lowest BCUT2D eigenvalue weighted by molar-refractivity contribution is -0.139. The van der Waals surface area contributed by atoms with Gasteiger partial charge in [0.2, 0.25) is 5.88 Å². The quantitative estimate of drug-likeness (QED) is 0.850. The van der Waals surface area contributed by atoms with Crippen LogP contribution < -0.4 is 5.73 Å². The first kappa shape index (κ1) is 17.3. The fourth-order valence-electron chi connectivity index (χ4n) is 3.02. The molecule has 0 saturated carbocycles. The van der Waals surface area contributed by atoms with Crippen LogP contribution in [0.4, 0.5) is 0 Å². The Balaban J connectivity index is 2.23. The van der Waals surface area contributed by atoms with Gasteiger partial charge in [-0.05, 0) is 31.5 Å². The minimum Gasteiger partial charge on any atom is -0.463 e. The number of benzene rings is 1. The number of carbonyl (C=O) groups is 1. The number of allylic oxidation sites excluding steroid dienone is 2. The Morgan fingerprint density at radius 2 is 2.19 bits per heavy atom. The molecule has 0 aliphatic carbocycles. The molecule has 0 radical (unpaired) electrons. The summed E-state index contributed by atoms with van der Waals surface area (Å²) in [6, 6.07) is 11.3. The largest absolute Gasteiger partial charge is 0.463 e. The van der Waals surface area contributed by atoms with Crippen LogP contribution in [-0.4, -0.2) is 22.4 Å². The van der Waals surface area contributed by atoms with Crippen LogP contribution in [0.3, 0.4) is 0 Å². The Labute approximate surface area is 150 Å². The number of aromatic nitrogens is 2. The van der Waals surface area contributed by atoms with E-state index in [4.69, 9.17) is 15.2 Å². The van der Waals surface area contributed by atoms with Crippen LogP contribution in [0.2, 0.25) is 0 Å². The van der Waals surface area contributed by atoms with Gasteiger partial charge >= 0.3 is 5.97 Å². The van der Waals surface area contributed by atoms with Gasteiger partial charge in [0.05, 0.1) is 23.8 Å². The average Bonchev–Trinajstić information content (AvgIpc) is 3.15. The summed E-state index contributed by atoms with van der Waals surface area (Å²) in [4.78, 5) is 12.6. The Morgan fingerprint density at radius 3 is 2.85 bits per heavy atom. The van der Waals surface area contributed by atoms with Crippen LogP contribution in [0, 0.1) is 11.3 Å². The Hall–Kier alpha value is -3.53. The predicted octanol–water partition coefficient (Wildman–Crippen LogP) is 2.52. The molecular formula is C19H18N4O3. The minimum absolute atomic E-state index is 0.0154. The number of esters is 1. The Morgan fingerprint density at radius 1 is 1.42 bits per heavy atom. The lowest BCUT2D eigenvalue weighted by atomic mass is 9.82. The van der Waals surface area contributed by atoms with Crippen molar-refractivity contribution in [3.05, 3.63) is 71.1 Å². The lowest BCUT2D eigenvalue weighted by Crippen LogP contribution is -2.26. The van der Waals surface area contributed by atoms with Crippen molar-refractivity contribution < 1.29 is 14.3 Å². The minimum atomic E-state index is -0.701. The van der Waals surface area contributed by atoms with Crippen molar-refractivity contribution in [3.8, 4) is 11.8 Å². The highest BCUT2D eigenvalue weighted by Crippen LogP contribution is 2.41. The van der Waals surface area contributed by atoms with Gasteiger partial charge in [-0.25, -0.2) is 9.48 Å². The van der Waals surface area contributed by atoms with Gasteiger partial charge in [-0.1, -0.05) is 18.2 Å². The molecule has 7 nitrogen and oxygen atoms in total. The van der Waals surface area contributed by atoms with Crippen molar-refractivity contribution in [2.75, 3.05) is 6.61 Å². The molecule has 0 amide bonds. The third kappa shape index (κ3) is 2.93. The Kier molecular flexibility index (Phi) is 4.76. The molecule has 1 aromatic carbocycles. The molecule has 0 fully saturated rings. The lowest BCUT2D eigenvalue weighted by Gasteiger charge is -2.28. The summed E-state index contributed by atoms with van der Waals surface area (Å²) in [5.41, 5.74) is 7.81. The maximum atomic E-state index is 12.6. The van der Waals surface area contributed by atoms with Crippen LogP contribution in [0.1, 0.15) is 25.3 Å². The van der Waals surface area contributed by atoms with E-state index in [2.05, 4.69) is 11.2 Å². The van der Waals surface area contributed by atoms with E-state index in [9.17, 15) is 10.1 Å². The molecule has 132 valence electrons. The molecule has 26 heavy (non-hydrogen) atoms. The number of carbonyl (C=O) groups excluding carboxylic acids is 1. The fraction of sp³-hybridized carbons (Fsp3) is 0.211. The number of hydrogen-bond donors (Lipinski definition) is 1. The van der Waals surface area contributed by atoms with Gasteiger partial charge in [0.1, 0.15) is 17.4 Å². The van der Waals surface area contributed by atoms with E-state index in [1.54, 1.807) is 37.0 Å². The molecule has 2 heterocycles. The van der Waals surface area contributed by atoms with E-state index >= 15 is 0 Å². The summed E-state index contributed by atoms with van der Waals surface area (Å²) in [5.74, 6) is -0.933. The van der Waals surface area contributed by atoms with Gasteiger partial charge in [-0.2, -0.15) is 10.4 Å². The Bertz CT molecular complexity index is 936. The van der Waals surface area contributed by atoms with Gasteiger partial charge in [-0.3, -0.25) is 0 Å². The highest BCUT2D eigenvalue weighted by atomic mass is 16.5. The molecule has 1 aliphatic rings. The molecule has 0 spiro atoms. The molecule has 1 unspecified atom stereocenters. The molecule has 0 saturated heterocycles. The highest BCUT2D eigenvalue weighted by Gasteiger charge is 2.37. The van der Waals surface area contributed by atoms with E-state index in [1.165, 1.54) is 0 Å². The monoisotopic (exact) mass is 350 g/mol. The van der Waals surface area contributed by atoms with Crippen molar-refractivity contribution in [2.45, 2.75) is 19.8 Å². The second-order valence-electron chi connectivity index (χ2n) is 5.62. The zero-order chi connectivity index (χ0) is 18.7. The summed E-state index contributed by atoms with van der Waals surface area (Å²) in [5, 5.41) is 13.9. The third-order valence-corrected chi connectivity index (χ3v) is 4.10. The summed E-state index contributed by atoms with van der Waals surface area (Å²) < 4.78 is 12.3. The van der Waals surface area contributed by atoms with E-state index in [-0.39, 0.29) is 23.6 Å². The molecule has 0 bridgehead atoms. The van der Waals surface area contributed by atoms with E-state index in [0.717, 1.165) is 5.69 Å². The van der Waals surface area contributed by atoms with E-state index < -0.39 is 11.9 Å². The fourth-order valence-corrected chi connectivity index (χ4v) is 3.02. The zero-order valence-corrected chi connectivity index (χ0v) is 14.5. The number of ether oxygens (including phenoxy) is 2. The maximum absolute atomic E-state index is 12.6.